The van der Waals surface area contributed by atoms with E-state index >= 15 is 0 Å². The largest absolute Gasteiger partial charge is 0.271 e. The van der Waals surface area contributed by atoms with Crippen LogP contribution in [0.15, 0.2) is 48.6 Å². The van der Waals surface area contributed by atoms with Crippen LogP contribution in [0.4, 0.5) is 0 Å². The first kappa shape index (κ1) is 14.5. The molecule has 0 spiro atoms. The van der Waals surface area contributed by atoms with Crippen LogP contribution in [0, 0.1) is 12.8 Å². The molecule has 112 valence electrons. The maximum atomic E-state index is 12.5. The number of nitrogens with zero attached hydrogens (tertiary/aromatic N) is 2. The first-order valence-electron chi connectivity index (χ1n) is 7.56. The molecule has 3 nitrogen and oxygen atoms in total. The minimum atomic E-state index is -0.0874. The minimum absolute atomic E-state index is 0.0874. The number of rotatable bonds is 3. The average Bonchev–Trinajstić information content (AvgIpc) is 3.07. The summed E-state index contributed by atoms with van der Waals surface area (Å²) in [6.45, 7) is 8.08. The SMILES string of the molecule is C=C(C)[C@H]1Cc2c(C)nn(C(=O)C=Cc3ccccc3)c2C1. The highest BCUT2D eigenvalue weighted by molar-refractivity contribution is 5.93. The lowest BCUT2D eigenvalue weighted by Gasteiger charge is -2.08. The third-order valence-electron chi connectivity index (χ3n) is 4.30. The van der Waals surface area contributed by atoms with Crippen LogP contribution < -0.4 is 0 Å². The summed E-state index contributed by atoms with van der Waals surface area (Å²) in [5.41, 5.74) is 5.41. The second-order valence-electron chi connectivity index (χ2n) is 5.96. The standard InChI is InChI=1S/C19H20N2O/c1-13(2)16-11-17-14(3)20-21(18(17)12-16)19(22)10-9-15-7-5-4-6-8-15/h4-10,16H,1,11-12H2,2-3H3/t16-/m0/s1. The predicted octanol–water partition coefficient (Wildman–Crippen LogP) is 3.84. The normalized spacial score (nSPS) is 16.9. The number of aromatic nitrogens is 2. The number of carbonyl (C=O) groups is 1. The van der Waals surface area contributed by atoms with Crippen molar-refractivity contribution in [2.24, 2.45) is 5.92 Å². The van der Waals surface area contributed by atoms with Gasteiger partial charge >= 0.3 is 0 Å². The lowest BCUT2D eigenvalue weighted by molar-refractivity contribution is 0.0951. The molecule has 1 aromatic heterocycles. The molecule has 3 heteroatoms. The van der Waals surface area contributed by atoms with Crippen LogP contribution in [0.25, 0.3) is 6.08 Å². The van der Waals surface area contributed by atoms with Crippen molar-refractivity contribution in [2.75, 3.05) is 0 Å². The van der Waals surface area contributed by atoms with Gasteiger partial charge in [-0.2, -0.15) is 5.10 Å². The van der Waals surface area contributed by atoms with Gasteiger partial charge in [-0.05, 0) is 49.8 Å². The van der Waals surface area contributed by atoms with E-state index in [0.29, 0.717) is 5.92 Å². The van der Waals surface area contributed by atoms with E-state index < -0.39 is 0 Å². The molecule has 22 heavy (non-hydrogen) atoms. The van der Waals surface area contributed by atoms with Crippen molar-refractivity contribution in [3.05, 3.63) is 71.1 Å². The molecule has 0 N–H and O–H groups in total. The highest BCUT2D eigenvalue weighted by Crippen LogP contribution is 2.32. The van der Waals surface area contributed by atoms with Crippen LogP contribution in [0.1, 0.15) is 34.2 Å². The van der Waals surface area contributed by atoms with E-state index in [2.05, 4.69) is 18.6 Å². The van der Waals surface area contributed by atoms with Gasteiger partial charge in [0.25, 0.3) is 5.91 Å². The third-order valence-corrected chi connectivity index (χ3v) is 4.30. The fourth-order valence-electron chi connectivity index (χ4n) is 2.97. The lowest BCUT2D eigenvalue weighted by atomic mass is 9.99. The third kappa shape index (κ3) is 2.67. The Bertz CT molecular complexity index is 753. The summed E-state index contributed by atoms with van der Waals surface area (Å²) in [5.74, 6) is 0.347. The van der Waals surface area contributed by atoms with Gasteiger partial charge in [0.1, 0.15) is 0 Å². The summed E-state index contributed by atoms with van der Waals surface area (Å²) in [4.78, 5) is 12.5. The summed E-state index contributed by atoms with van der Waals surface area (Å²) in [6.07, 6.45) is 5.23. The van der Waals surface area contributed by atoms with E-state index in [1.165, 1.54) is 11.1 Å². The Morgan fingerprint density at radius 1 is 1.32 bits per heavy atom. The van der Waals surface area contributed by atoms with E-state index in [4.69, 9.17) is 0 Å². The summed E-state index contributed by atoms with van der Waals surface area (Å²) >= 11 is 0. The fourth-order valence-corrected chi connectivity index (χ4v) is 2.97. The van der Waals surface area contributed by atoms with Gasteiger partial charge < -0.3 is 0 Å². The molecule has 1 aliphatic rings. The summed E-state index contributed by atoms with van der Waals surface area (Å²) in [5, 5.41) is 4.42. The van der Waals surface area contributed by atoms with Crippen molar-refractivity contribution in [3.63, 3.8) is 0 Å². The number of hydrogen-bond acceptors (Lipinski definition) is 2. The number of hydrogen-bond donors (Lipinski definition) is 0. The Hall–Kier alpha value is -2.42. The topological polar surface area (TPSA) is 34.9 Å². The molecule has 1 aliphatic carbocycles. The van der Waals surface area contributed by atoms with Gasteiger partial charge in [-0.15, -0.1) is 0 Å². The van der Waals surface area contributed by atoms with Crippen LogP contribution in [-0.2, 0) is 12.8 Å². The van der Waals surface area contributed by atoms with Gasteiger partial charge in [-0.1, -0.05) is 42.5 Å². The molecule has 0 aliphatic heterocycles. The number of benzene rings is 1. The predicted molar refractivity (Wildman–Crippen MR) is 88.8 cm³/mol. The maximum Gasteiger partial charge on any atom is 0.271 e. The number of fused-ring (bicyclic) bond motifs is 1. The van der Waals surface area contributed by atoms with E-state index in [1.807, 2.05) is 43.3 Å². The van der Waals surface area contributed by atoms with Crippen LogP contribution in [-0.4, -0.2) is 15.7 Å². The Kier molecular flexibility index (Phi) is 3.80. The molecular weight excluding hydrogens is 272 g/mol. The van der Waals surface area contributed by atoms with Crippen LogP contribution in [0.2, 0.25) is 0 Å². The highest BCUT2D eigenvalue weighted by atomic mass is 16.2. The van der Waals surface area contributed by atoms with Gasteiger partial charge in [0, 0.05) is 6.08 Å². The van der Waals surface area contributed by atoms with Crippen LogP contribution >= 0.6 is 0 Å². The first-order chi connectivity index (χ1) is 10.6. The zero-order valence-electron chi connectivity index (χ0n) is 13.0. The molecule has 1 aromatic carbocycles. The Labute approximate surface area is 131 Å². The zero-order valence-corrected chi connectivity index (χ0v) is 13.0. The highest BCUT2D eigenvalue weighted by Gasteiger charge is 2.29. The Morgan fingerprint density at radius 2 is 2.05 bits per heavy atom. The smallest absolute Gasteiger partial charge is 0.267 e. The quantitative estimate of drug-likeness (QED) is 0.636. The molecule has 0 fully saturated rings. The summed E-state index contributed by atoms with van der Waals surface area (Å²) in [6, 6.07) is 9.81. The Morgan fingerprint density at radius 3 is 2.73 bits per heavy atom. The van der Waals surface area contributed by atoms with Gasteiger partial charge in [0.05, 0.1) is 11.4 Å². The molecular formula is C19H20N2O. The minimum Gasteiger partial charge on any atom is -0.267 e. The van der Waals surface area contributed by atoms with Crippen molar-refractivity contribution < 1.29 is 4.79 Å². The maximum absolute atomic E-state index is 12.5. The van der Waals surface area contributed by atoms with Gasteiger partial charge in [-0.25, -0.2) is 4.68 Å². The van der Waals surface area contributed by atoms with Crippen molar-refractivity contribution in [3.8, 4) is 0 Å². The van der Waals surface area contributed by atoms with Crippen molar-refractivity contribution in [1.29, 1.82) is 0 Å². The second kappa shape index (κ2) is 5.76. The van der Waals surface area contributed by atoms with Gasteiger partial charge in [0.15, 0.2) is 0 Å². The van der Waals surface area contributed by atoms with Crippen molar-refractivity contribution >= 4 is 12.0 Å². The number of allylic oxidation sites excluding steroid dienone is 2. The molecule has 0 saturated heterocycles. The zero-order chi connectivity index (χ0) is 15.7. The molecule has 1 heterocycles. The first-order valence-corrected chi connectivity index (χ1v) is 7.56. The summed E-state index contributed by atoms with van der Waals surface area (Å²) in [7, 11) is 0. The van der Waals surface area contributed by atoms with Crippen LogP contribution in [0.3, 0.4) is 0 Å². The van der Waals surface area contributed by atoms with E-state index in [1.54, 1.807) is 10.8 Å². The second-order valence-corrected chi connectivity index (χ2v) is 5.96. The van der Waals surface area contributed by atoms with Gasteiger partial charge in [0.2, 0.25) is 0 Å². The van der Waals surface area contributed by atoms with E-state index in [0.717, 1.165) is 29.8 Å². The molecule has 0 amide bonds. The van der Waals surface area contributed by atoms with E-state index in [9.17, 15) is 4.79 Å². The lowest BCUT2D eigenvalue weighted by Crippen LogP contribution is -2.14. The van der Waals surface area contributed by atoms with Crippen LogP contribution in [0.5, 0.6) is 0 Å². The molecule has 0 radical (unpaired) electrons. The molecule has 3 rings (SSSR count). The van der Waals surface area contributed by atoms with E-state index in [-0.39, 0.29) is 5.91 Å². The molecule has 1 atom stereocenters. The molecule has 0 bridgehead atoms. The van der Waals surface area contributed by atoms with Gasteiger partial charge in [-0.3, -0.25) is 4.79 Å². The Balaban J connectivity index is 1.85. The summed E-state index contributed by atoms with van der Waals surface area (Å²) < 4.78 is 1.56. The van der Waals surface area contributed by atoms with Crippen molar-refractivity contribution in [2.45, 2.75) is 26.7 Å². The molecule has 2 aromatic rings. The molecule has 0 saturated carbocycles. The molecule has 0 unspecified atom stereocenters. The fraction of sp³-hybridized carbons (Fsp3) is 0.263. The number of aryl methyl sites for hydroxylation is 1. The monoisotopic (exact) mass is 292 g/mol. The van der Waals surface area contributed by atoms with Crippen molar-refractivity contribution in [1.82, 2.24) is 9.78 Å². The average molecular weight is 292 g/mol. The number of carbonyl (C=O) groups excluding carboxylic acids is 1.